The highest BCUT2D eigenvalue weighted by Crippen LogP contribution is 2.24. The first-order chi connectivity index (χ1) is 11.0. The van der Waals surface area contributed by atoms with Gasteiger partial charge in [0.05, 0.1) is 25.4 Å². The fourth-order valence-electron chi connectivity index (χ4n) is 2.85. The van der Waals surface area contributed by atoms with Crippen molar-refractivity contribution in [2.45, 2.75) is 20.0 Å². The van der Waals surface area contributed by atoms with Crippen LogP contribution in [-0.4, -0.2) is 66.0 Å². The quantitative estimate of drug-likeness (QED) is 0.801. The van der Waals surface area contributed by atoms with Gasteiger partial charge in [0.15, 0.2) is 0 Å². The second-order valence-corrected chi connectivity index (χ2v) is 5.79. The Balaban J connectivity index is 1.82. The number of morpholine rings is 1. The molecule has 3 rings (SSSR count). The van der Waals surface area contributed by atoms with E-state index < -0.39 is 0 Å². The molecule has 0 aliphatic carbocycles. The first-order valence-electron chi connectivity index (χ1n) is 7.77. The highest BCUT2D eigenvalue weighted by Gasteiger charge is 2.26. The Morgan fingerprint density at radius 2 is 2.22 bits per heavy atom. The topological polar surface area (TPSA) is 87.7 Å². The lowest BCUT2D eigenvalue weighted by Gasteiger charge is -2.33. The highest BCUT2D eigenvalue weighted by atomic mass is 16.5. The van der Waals surface area contributed by atoms with Crippen LogP contribution < -0.4 is 10.2 Å². The second-order valence-electron chi connectivity index (χ2n) is 5.79. The molecule has 2 amide bonds. The molecule has 1 aromatic rings. The number of nitrogens with one attached hydrogen (secondary N) is 1. The fraction of sp³-hybridized carbons (Fsp3) is 0.600. The lowest BCUT2D eigenvalue weighted by atomic mass is 10.2. The molecular formula is C15H21N5O3. The minimum Gasteiger partial charge on any atom is -0.368 e. The van der Waals surface area contributed by atoms with Crippen LogP contribution in [0.2, 0.25) is 0 Å². The van der Waals surface area contributed by atoms with Crippen molar-refractivity contribution in [2.75, 3.05) is 44.2 Å². The van der Waals surface area contributed by atoms with Gasteiger partial charge in [-0.3, -0.25) is 9.59 Å². The Labute approximate surface area is 134 Å². The molecule has 1 N–H and O–H groups in total. The van der Waals surface area contributed by atoms with Gasteiger partial charge in [0.1, 0.15) is 17.7 Å². The van der Waals surface area contributed by atoms with Crippen molar-refractivity contribution < 1.29 is 14.3 Å². The summed E-state index contributed by atoms with van der Waals surface area (Å²) >= 11 is 0. The summed E-state index contributed by atoms with van der Waals surface area (Å²) in [4.78, 5) is 35.7. The van der Waals surface area contributed by atoms with Gasteiger partial charge in [0.25, 0.3) is 0 Å². The molecule has 0 saturated carbocycles. The molecule has 0 aromatic carbocycles. The van der Waals surface area contributed by atoms with Gasteiger partial charge in [0, 0.05) is 32.6 Å². The molecule has 23 heavy (non-hydrogen) atoms. The van der Waals surface area contributed by atoms with E-state index in [9.17, 15) is 9.59 Å². The van der Waals surface area contributed by atoms with Crippen molar-refractivity contribution >= 4 is 17.6 Å². The van der Waals surface area contributed by atoms with Crippen LogP contribution in [0.5, 0.6) is 0 Å². The number of ether oxygens (including phenoxy) is 1. The molecule has 2 saturated heterocycles. The highest BCUT2D eigenvalue weighted by molar-refractivity contribution is 5.82. The number of hydrogen-bond donors (Lipinski definition) is 1. The van der Waals surface area contributed by atoms with Crippen LogP contribution in [0.3, 0.4) is 0 Å². The number of amides is 2. The summed E-state index contributed by atoms with van der Waals surface area (Å²) in [5, 5.41) is 2.80. The molecule has 0 unspecified atom stereocenters. The largest absolute Gasteiger partial charge is 0.368 e. The molecular weight excluding hydrogens is 298 g/mol. The average Bonchev–Trinajstić information content (AvgIpc) is 2.54. The Morgan fingerprint density at radius 3 is 2.96 bits per heavy atom. The monoisotopic (exact) mass is 319 g/mol. The zero-order valence-corrected chi connectivity index (χ0v) is 13.4. The lowest BCUT2D eigenvalue weighted by Crippen LogP contribution is -2.48. The van der Waals surface area contributed by atoms with Gasteiger partial charge < -0.3 is 19.9 Å². The maximum atomic E-state index is 11.6. The summed E-state index contributed by atoms with van der Waals surface area (Å²) in [6.45, 7) is 6.59. The summed E-state index contributed by atoms with van der Waals surface area (Å²) in [6.07, 6.45) is -0.258. The Bertz CT molecular complexity index is 621. The molecule has 3 heterocycles. The predicted octanol–water partition coefficient (Wildman–Crippen LogP) is -0.359. The van der Waals surface area contributed by atoms with Crippen molar-refractivity contribution in [2.24, 2.45) is 0 Å². The zero-order chi connectivity index (χ0) is 16.4. The third-order valence-corrected chi connectivity index (χ3v) is 4.05. The minimum absolute atomic E-state index is 0.00858. The molecule has 0 radical (unpaired) electrons. The van der Waals surface area contributed by atoms with Crippen LogP contribution in [0.25, 0.3) is 0 Å². The molecule has 124 valence electrons. The van der Waals surface area contributed by atoms with E-state index in [1.807, 2.05) is 17.9 Å². The molecule has 2 fully saturated rings. The number of nitrogens with zero attached hydrogens (tertiary/aromatic N) is 4. The first-order valence-corrected chi connectivity index (χ1v) is 7.77. The van der Waals surface area contributed by atoms with Crippen LogP contribution in [0.15, 0.2) is 6.07 Å². The summed E-state index contributed by atoms with van der Waals surface area (Å²) in [6, 6.07) is 1.86. The Morgan fingerprint density at radius 1 is 1.39 bits per heavy atom. The normalized spacial score (nSPS) is 22.0. The van der Waals surface area contributed by atoms with E-state index >= 15 is 0 Å². The number of aryl methyl sites for hydroxylation is 1. The number of anilines is 1. The van der Waals surface area contributed by atoms with Crippen molar-refractivity contribution in [3.05, 3.63) is 17.6 Å². The van der Waals surface area contributed by atoms with E-state index in [1.165, 1.54) is 0 Å². The second kappa shape index (κ2) is 6.49. The maximum Gasteiger partial charge on any atom is 0.239 e. The third kappa shape index (κ3) is 3.58. The molecule has 2 aliphatic heterocycles. The molecule has 1 atom stereocenters. The SMILES string of the molecule is CC(=O)N1CCO[C@H](c2cc(N3CCNC(=O)C3)nc(C)n2)C1. The van der Waals surface area contributed by atoms with Gasteiger partial charge in [-0.05, 0) is 6.92 Å². The van der Waals surface area contributed by atoms with Gasteiger partial charge >= 0.3 is 0 Å². The van der Waals surface area contributed by atoms with Crippen molar-refractivity contribution in [3.63, 3.8) is 0 Å². The molecule has 1 aromatic heterocycles. The molecule has 2 aliphatic rings. The number of rotatable bonds is 2. The minimum atomic E-state index is -0.258. The van der Waals surface area contributed by atoms with Crippen LogP contribution in [-0.2, 0) is 14.3 Å². The van der Waals surface area contributed by atoms with Gasteiger partial charge in [-0.25, -0.2) is 9.97 Å². The van der Waals surface area contributed by atoms with E-state index in [-0.39, 0.29) is 17.9 Å². The molecule has 0 spiro atoms. The predicted molar refractivity (Wildman–Crippen MR) is 82.9 cm³/mol. The van der Waals surface area contributed by atoms with Gasteiger partial charge in [-0.1, -0.05) is 0 Å². The molecule has 0 bridgehead atoms. The van der Waals surface area contributed by atoms with Gasteiger partial charge in [-0.15, -0.1) is 0 Å². The number of hydrogen-bond acceptors (Lipinski definition) is 6. The summed E-state index contributed by atoms with van der Waals surface area (Å²) in [7, 11) is 0. The Kier molecular flexibility index (Phi) is 4.42. The maximum absolute atomic E-state index is 11.6. The van der Waals surface area contributed by atoms with Crippen LogP contribution in [0.1, 0.15) is 24.5 Å². The number of aromatic nitrogens is 2. The summed E-state index contributed by atoms with van der Waals surface area (Å²) in [5.74, 6) is 1.39. The number of carbonyl (C=O) groups excluding carboxylic acids is 2. The fourth-order valence-corrected chi connectivity index (χ4v) is 2.85. The number of piperazine rings is 1. The number of carbonyl (C=O) groups is 2. The van der Waals surface area contributed by atoms with E-state index in [4.69, 9.17) is 4.74 Å². The smallest absolute Gasteiger partial charge is 0.239 e. The van der Waals surface area contributed by atoms with Gasteiger partial charge in [-0.2, -0.15) is 0 Å². The lowest BCUT2D eigenvalue weighted by molar-refractivity contribution is -0.136. The van der Waals surface area contributed by atoms with Gasteiger partial charge in [0.2, 0.25) is 11.8 Å². The third-order valence-electron chi connectivity index (χ3n) is 4.05. The van der Waals surface area contributed by atoms with E-state index in [0.717, 1.165) is 11.5 Å². The zero-order valence-electron chi connectivity index (χ0n) is 13.4. The van der Waals surface area contributed by atoms with Crippen LogP contribution in [0.4, 0.5) is 5.82 Å². The first kappa shape index (κ1) is 15.7. The van der Waals surface area contributed by atoms with E-state index in [2.05, 4.69) is 15.3 Å². The average molecular weight is 319 g/mol. The van der Waals surface area contributed by atoms with E-state index in [1.54, 1.807) is 11.8 Å². The molecule has 8 nitrogen and oxygen atoms in total. The van der Waals surface area contributed by atoms with Crippen molar-refractivity contribution in [1.82, 2.24) is 20.2 Å². The standard InChI is InChI=1S/C15H21N5O3/c1-10-17-12(13-8-19(11(2)21)5-6-23-13)7-14(18-10)20-4-3-16-15(22)9-20/h7,13H,3-6,8-9H2,1-2H3,(H,16,22)/t13-/m0/s1. The Hall–Kier alpha value is -2.22. The summed E-state index contributed by atoms with van der Waals surface area (Å²) in [5.41, 5.74) is 0.754. The van der Waals surface area contributed by atoms with Crippen LogP contribution in [0, 0.1) is 6.92 Å². The molecule has 8 heteroatoms. The van der Waals surface area contributed by atoms with Crippen molar-refractivity contribution in [1.29, 1.82) is 0 Å². The van der Waals surface area contributed by atoms with E-state index in [0.29, 0.717) is 45.2 Å². The van der Waals surface area contributed by atoms with Crippen LogP contribution >= 0.6 is 0 Å². The van der Waals surface area contributed by atoms with Crippen molar-refractivity contribution in [3.8, 4) is 0 Å². The summed E-state index contributed by atoms with van der Waals surface area (Å²) < 4.78 is 5.78.